The average molecular weight is 175 g/mol. The van der Waals surface area contributed by atoms with Crippen molar-refractivity contribution >= 4 is 14.1 Å². The van der Waals surface area contributed by atoms with Gasteiger partial charge in [-0.3, -0.25) is 0 Å². The van der Waals surface area contributed by atoms with Crippen LogP contribution in [-0.2, 0) is 0 Å². The quantitative estimate of drug-likeness (QED) is 0.418. The summed E-state index contributed by atoms with van der Waals surface area (Å²) >= 11 is 0. The van der Waals surface area contributed by atoms with Gasteiger partial charge in [0, 0.05) is 12.7 Å². The Labute approximate surface area is 71.9 Å². The zero-order valence-electron chi connectivity index (χ0n) is 6.60. The molecule has 0 radical (unpaired) electrons. The third-order valence-corrected chi connectivity index (χ3v) is 1.06. The molecule has 1 N–H and O–H groups in total. The van der Waals surface area contributed by atoms with Crippen LogP contribution >= 0.6 is 0 Å². The third kappa shape index (κ3) is 6.99. The number of hydrogen-bond donors (Lipinski definition) is 1. The number of benzene rings is 1. The number of nitrogens with one attached hydrogen (secondary N) is 1. The summed E-state index contributed by atoms with van der Waals surface area (Å²) in [5.41, 5.74) is 1.16. The Morgan fingerprint density at radius 1 is 0.917 bits per heavy atom. The smallest absolute Gasteiger partial charge is 1.00 e. The summed E-state index contributed by atoms with van der Waals surface area (Å²) in [5, 5.41) is 3.03. The van der Waals surface area contributed by atoms with Crippen LogP contribution in [0.2, 0.25) is 0 Å². The molecule has 0 bridgehead atoms. The van der Waals surface area contributed by atoms with Gasteiger partial charge in [0.2, 0.25) is 0 Å². The van der Waals surface area contributed by atoms with Gasteiger partial charge in [0.05, 0.1) is 0 Å². The van der Waals surface area contributed by atoms with Crippen LogP contribution < -0.4 is 19.4 Å². The second-order valence-electron chi connectivity index (χ2n) is 1.62. The van der Waals surface area contributed by atoms with Gasteiger partial charge in [-0.2, -0.15) is 0 Å². The summed E-state index contributed by atoms with van der Waals surface area (Å²) in [6, 6.07) is 10.1. The fraction of sp³-hybridized carbons (Fsp3) is 0.143. The first-order valence-corrected chi connectivity index (χ1v) is 2.66. The zero-order chi connectivity index (χ0) is 5.82. The van der Waals surface area contributed by atoms with Crippen molar-refractivity contribution in [3.05, 3.63) is 30.3 Å². The van der Waals surface area contributed by atoms with E-state index >= 15 is 0 Å². The molecule has 0 atom stereocenters. The molecule has 0 fully saturated rings. The number of anilines is 1. The second-order valence-corrected chi connectivity index (χ2v) is 1.62. The summed E-state index contributed by atoms with van der Waals surface area (Å²) in [5.74, 6) is 0. The normalized spacial score (nSPS) is 5.75. The Hall–Kier alpha value is -1.13. The van der Waals surface area contributed by atoms with Crippen molar-refractivity contribution in [1.29, 1.82) is 0 Å². The molecule has 0 aliphatic carbocycles. The summed E-state index contributed by atoms with van der Waals surface area (Å²) in [6.07, 6.45) is 0. The van der Waals surface area contributed by atoms with Gasteiger partial charge in [-0.25, -0.2) is 0 Å². The SMILES string of the molecule is CNc1ccccc1.[B+3].[F-].[F-].[F-]. The van der Waals surface area contributed by atoms with Crippen LogP contribution in [0.5, 0.6) is 0 Å². The Bertz CT molecular complexity index is 160. The van der Waals surface area contributed by atoms with E-state index in [9.17, 15) is 0 Å². The molecule has 66 valence electrons. The standard InChI is InChI=1S/C7H9N.B.3FH/c1-8-7-5-3-2-4-6-7;;;;/h2-6,8H,1H3;;3*1H/q;+3;;;/p-3. The van der Waals surface area contributed by atoms with Crippen molar-refractivity contribution < 1.29 is 14.1 Å². The molecule has 0 spiro atoms. The van der Waals surface area contributed by atoms with Crippen LogP contribution in [0.1, 0.15) is 0 Å². The predicted molar refractivity (Wildman–Crippen MR) is 41.7 cm³/mol. The van der Waals surface area contributed by atoms with Gasteiger partial charge in [0.25, 0.3) is 0 Å². The molecule has 1 aromatic carbocycles. The monoisotopic (exact) mass is 175 g/mol. The minimum atomic E-state index is 0. The maximum absolute atomic E-state index is 3.03. The zero-order valence-corrected chi connectivity index (χ0v) is 6.60. The molecule has 1 aromatic rings. The molecular weight excluding hydrogens is 166 g/mol. The Morgan fingerprint density at radius 2 is 1.33 bits per heavy atom. The Kier molecular flexibility index (Phi) is 23.5. The van der Waals surface area contributed by atoms with E-state index in [0.29, 0.717) is 0 Å². The molecule has 1 nitrogen and oxygen atoms in total. The van der Waals surface area contributed by atoms with E-state index in [-0.39, 0.29) is 22.5 Å². The topological polar surface area (TPSA) is 12.0 Å². The van der Waals surface area contributed by atoms with E-state index in [2.05, 4.69) is 5.32 Å². The molecule has 0 heterocycles. The average Bonchev–Trinajstić information content (AvgIpc) is 1.90. The number of rotatable bonds is 1. The number of hydrogen-bond acceptors (Lipinski definition) is 1. The molecule has 0 aliphatic rings. The van der Waals surface area contributed by atoms with E-state index in [1.165, 1.54) is 0 Å². The van der Waals surface area contributed by atoms with E-state index < -0.39 is 0 Å². The molecule has 0 amide bonds. The first kappa shape index (κ1) is 22.4. The Balaban J connectivity index is -0.0000000800. The fourth-order valence-corrected chi connectivity index (χ4v) is 0.605. The van der Waals surface area contributed by atoms with Gasteiger partial charge >= 0.3 is 8.41 Å². The van der Waals surface area contributed by atoms with Gasteiger partial charge in [0.15, 0.2) is 0 Å². The van der Waals surface area contributed by atoms with Crippen molar-refractivity contribution in [1.82, 2.24) is 0 Å². The maximum atomic E-state index is 3.03. The molecule has 12 heavy (non-hydrogen) atoms. The van der Waals surface area contributed by atoms with Crippen LogP contribution in [0.25, 0.3) is 0 Å². The minimum absolute atomic E-state index is 0. The summed E-state index contributed by atoms with van der Waals surface area (Å²) in [7, 11) is 1.91. The molecular formula is C7H9BF3N. The van der Waals surface area contributed by atoms with Crippen molar-refractivity contribution in [3.63, 3.8) is 0 Å². The van der Waals surface area contributed by atoms with Gasteiger partial charge in [-0.1, -0.05) is 18.2 Å². The van der Waals surface area contributed by atoms with Crippen molar-refractivity contribution in [2.24, 2.45) is 0 Å². The predicted octanol–water partition coefficient (Wildman–Crippen LogP) is -7.64. The molecule has 0 unspecified atom stereocenters. The maximum Gasteiger partial charge on any atom is 3.00 e. The van der Waals surface area contributed by atoms with Gasteiger partial charge in [-0.15, -0.1) is 0 Å². The summed E-state index contributed by atoms with van der Waals surface area (Å²) in [6.45, 7) is 0. The van der Waals surface area contributed by atoms with Crippen molar-refractivity contribution in [3.8, 4) is 0 Å². The van der Waals surface area contributed by atoms with E-state index in [1.807, 2.05) is 37.4 Å². The van der Waals surface area contributed by atoms with Crippen LogP contribution in [-0.4, -0.2) is 15.5 Å². The number of para-hydroxylation sites is 1. The molecule has 0 aromatic heterocycles. The molecule has 0 saturated heterocycles. The summed E-state index contributed by atoms with van der Waals surface area (Å²) in [4.78, 5) is 0. The molecule has 5 heteroatoms. The molecule has 0 aliphatic heterocycles. The Morgan fingerprint density at radius 3 is 1.58 bits per heavy atom. The van der Waals surface area contributed by atoms with Crippen LogP contribution in [0, 0.1) is 0 Å². The van der Waals surface area contributed by atoms with Crippen molar-refractivity contribution in [2.45, 2.75) is 0 Å². The van der Waals surface area contributed by atoms with Gasteiger partial charge < -0.3 is 19.4 Å². The first-order valence-electron chi connectivity index (χ1n) is 2.66. The first-order chi connectivity index (χ1) is 3.93. The second kappa shape index (κ2) is 12.5. The fourth-order valence-electron chi connectivity index (χ4n) is 0.605. The van der Waals surface area contributed by atoms with Crippen molar-refractivity contribution in [2.75, 3.05) is 12.4 Å². The van der Waals surface area contributed by atoms with E-state index in [0.717, 1.165) is 5.69 Å². The minimum Gasteiger partial charge on any atom is -1.00 e. The van der Waals surface area contributed by atoms with Crippen LogP contribution in [0.4, 0.5) is 5.69 Å². The van der Waals surface area contributed by atoms with Gasteiger partial charge in [-0.05, 0) is 12.1 Å². The largest absolute Gasteiger partial charge is 3.00 e. The van der Waals surface area contributed by atoms with Crippen LogP contribution in [0.3, 0.4) is 0 Å². The third-order valence-electron chi connectivity index (χ3n) is 1.06. The molecule has 0 saturated carbocycles. The molecule has 1 rings (SSSR count). The van der Waals surface area contributed by atoms with E-state index in [4.69, 9.17) is 0 Å². The summed E-state index contributed by atoms with van der Waals surface area (Å²) < 4.78 is 0. The van der Waals surface area contributed by atoms with Crippen LogP contribution in [0.15, 0.2) is 30.3 Å². The van der Waals surface area contributed by atoms with Gasteiger partial charge in [0.1, 0.15) is 0 Å². The van der Waals surface area contributed by atoms with E-state index in [1.54, 1.807) is 0 Å². The number of halogens is 3.